The van der Waals surface area contributed by atoms with Crippen LogP contribution >= 0.6 is 0 Å². The van der Waals surface area contributed by atoms with Crippen molar-refractivity contribution < 1.29 is 14.0 Å². The molecule has 5 nitrogen and oxygen atoms in total. The van der Waals surface area contributed by atoms with Crippen LogP contribution in [-0.4, -0.2) is 11.9 Å². The zero-order valence-electron chi connectivity index (χ0n) is 13.2. The number of carbonyl (C=O) groups excluding carboxylic acids is 2. The van der Waals surface area contributed by atoms with Gasteiger partial charge in [-0.05, 0) is 24.3 Å². The quantitative estimate of drug-likeness (QED) is 0.582. The molecule has 0 bridgehead atoms. The van der Waals surface area contributed by atoms with Crippen molar-refractivity contribution in [1.29, 1.82) is 0 Å². The Labute approximate surface area is 144 Å². The predicted octanol–water partition coefficient (Wildman–Crippen LogP) is 4.04. The molecule has 2 heterocycles. The average Bonchev–Trinajstić information content (AvgIpc) is 3.22. The fraction of sp³-hybridized carbons (Fsp3) is 0. The van der Waals surface area contributed by atoms with E-state index in [9.17, 15) is 9.59 Å². The summed E-state index contributed by atoms with van der Waals surface area (Å²) >= 11 is 0. The van der Waals surface area contributed by atoms with Gasteiger partial charge in [0.2, 0.25) is 0 Å². The molecule has 2 aromatic carbocycles. The van der Waals surface area contributed by atoms with E-state index in [1.54, 1.807) is 30.3 Å². The van der Waals surface area contributed by atoms with Gasteiger partial charge in [-0.1, -0.05) is 48.5 Å². The zero-order valence-corrected chi connectivity index (χ0v) is 13.2. The number of urea groups is 1. The fourth-order valence-electron chi connectivity index (χ4n) is 2.68. The van der Waals surface area contributed by atoms with E-state index in [-0.39, 0.29) is 5.70 Å². The van der Waals surface area contributed by atoms with Crippen LogP contribution in [0, 0.1) is 0 Å². The molecular formula is C20H14N2O3. The van der Waals surface area contributed by atoms with Gasteiger partial charge in [0.1, 0.15) is 17.2 Å². The van der Waals surface area contributed by atoms with E-state index in [0.29, 0.717) is 17.2 Å². The lowest BCUT2D eigenvalue weighted by Crippen LogP contribution is -2.30. The lowest BCUT2D eigenvalue weighted by Gasteiger charge is -2.10. The summed E-state index contributed by atoms with van der Waals surface area (Å²) in [6.07, 6.45) is 1.54. The predicted molar refractivity (Wildman–Crippen MR) is 94.6 cm³/mol. The molecule has 1 N–H and O–H groups in total. The van der Waals surface area contributed by atoms with Crippen molar-refractivity contribution >= 4 is 23.7 Å². The molecular weight excluding hydrogens is 316 g/mol. The number of rotatable bonds is 3. The number of para-hydroxylation sites is 1. The van der Waals surface area contributed by atoms with Gasteiger partial charge in [-0.3, -0.25) is 4.79 Å². The van der Waals surface area contributed by atoms with Crippen molar-refractivity contribution in [3.63, 3.8) is 0 Å². The van der Waals surface area contributed by atoms with E-state index in [1.807, 2.05) is 42.5 Å². The fourth-order valence-corrected chi connectivity index (χ4v) is 2.68. The second-order valence-corrected chi connectivity index (χ2v) is 5.53. The third kappa shape index (κ3) is 2.83. The van der Waals surface area contributed by atoms with Crippen LogP contribution in [0.1, 0.15) is 5.76 Å². The number of nitrogens with one attached hydrogen (secondary N) is 1. The van der Waals surface area contributed by atoms with Gasteiger partial charge in [0.25, 0.3) is 5.91 Å². The molecule has 4 rings (SSSR count). The third-order valence-corrected chi connectivity index (χ3v) is 3.86. The van der Waals surface area contributed by atoms with Crippen LogP contribution in [0.5, 0.6) is 0 Å². The Morgan fingerprint density at radius 1 is 0.840 bits per heavy atom. The number of carbonyl (C=O) groups is 2. The summed E-state index contributed by atoms with van der Waals surface area (Å²) in [5.74, 6) is 0.787. The van der Waals surface area contributed by atoms with Crippen molar-refractivity contribution in [2.75, 3.05) is 4.90 Å². The molecule has 0 aliphatic carbocycles. The Kier molecular flexibility index (Phi) is 3.67. The second kappa shape index (κ2) is 6.13. The maximum Gasteiger partial charge on any atom is 0.333 e. The van der Waals surface area contributed by atoms with Gasteiger partial charge in [-0.15, -0.1) is 0 Å². The molecule has 3 aromatic rings. The first kappa shape index (κ1) is 15.0. The Bertz CT molecular complexity index is 959. The number of benzene rings is 2. The highest BCUT2D eigenvalue weighted by Gasteiger charge is 2.34. The number of anilines is 1. The van der Waals surface area contributed by atoms with E-state index >= 15 is 0 Å². The third-order valence-electron chi connectivity index (χ3n) is 3.86. The highest BCUT2D eigenvalue weighted by Crippen LogP contribution is 2.25. The van der Waals surface area contributed by atoms with Crippen LogP contribution in [0.15, 0.2) is 82.9 Å². The van der Waals surface area contributed by atoms with E-state index in [4.69, 9.17) is 4.42 Å². The minimum atomic E-state index is -0.475. The van der Waals surface area contributed by atoms with Gasteiger partial charge < -0.3 is 9.73 Å². The van der Waals surface area contributed by atoms with Crippen LogP contribution in [0.4, 0.5) is 10.5 Å². The molecule has 1 aliphatic heterocycles. The number of nitrogens with zero attached hydrogens (tertiary/aromatic N) is 1. The van der Waals surface area contributed by atoms with Gasteiger partial charge in [0.15, 0.2) is 0 Å². The standard InChI is InChI=1S/C20H14N2O3/c23-19-17(21-20(24)22(19)15-9-5-2-6-10-15)13-16-11-12-18(25-16)14-7-3-1-4-8-14/h1-13H,(H,21,24)/b17-13+. The summed E-state index contributed by atoms with van der Waals surface area (Å²) in [5, 5.41) is 2.59. The summed E-state index contributed by atoms with van der Waals surface area (Å²) in [6.45, 7) is 0. The van der Waals surface area contributed by atoms with Crippen molar-refractivity contribution in [2.45, 2.75) is 0 Å². The topological polar surface area (TPSA) is 62.6 Å². The van der Waals surface area contributed by atoms with Crippen LogP contribution in [0.25, 0.3) is 17.4 Å². The van der Waals surface area contributed by atoms with Crippen LogP contribution in [-0.2, 0) is 4.79 Å². The first-order valence-electron chi connectivity index (χ1n) is 7.80. The smallest absolute Gasteiger partial charge is 0.333 e. The van der Waals surface area contributed by atoms with Crippen molar-refractivity contribution in [3.05, 3.63) is 84.3 Å². The van der Waals surface area contributed by atoms with Crippen molar-refractivity contribution in [1.82, 2.24) is 5.32 Å². The molecule has 5 heteroatoms. The van der Waals surface area contributed by atoms with E-state index in [0.717, 1.165) is 10.5 Å². The molecule has 25 heavy (non-hydrogen) atoms. The first-order valence-corrected chi connectivity index (χ1v) is 7.80. The second-order valence-electron chi connectivity index (χ2n) is 5.53. The normalized spacial score (nSPS) is 15.7. The molecule has 0 saturated carbocycles. The Morgan fingerprint density at radius 2 is 1.52 bits per heavy atom. The number of hydrogen-bond acceptors (Lipinski definition) is 3. The van der Waals surface area contributed by atoms with Crippen molar-refractivity contribution in [3.8, 4) is 11.3 Å². The van der Waals surface area contributed by atoms with E-state index in [1.165, 1.54) is 6.08 Å². The van der Waals surface area contributed by atoms with Gasteiger partial charge in [-0.25, -0.2) is 9.69 Å². The molecule has 1 saturated heterocycles. The average molecular weight is 330 g/mol. The number of amides is 3. The number of furan rings is 1. The maximum atomic E-state index is 12.5. The van der Waals surface area contributed by atoms with Gasteiger partial charge in [0.05, 0.1) is 5.69 Å². The van der Waals surface area contributed by atoms with Gasteiger partial charge >= 0.3 is 6.03 Å². The monoisotopic (exact) mass is 330 g/mol. The van der Waals surface area contributed by atoms with Crippen molar-refractivity contribution in [2.24, 2.45) is 0 Å². The summed E-state index contributed by atoms with van der Waals surface area (Å²) in [5.41, 5.74) is 1.65. The highest BCUT2D eigenvalue weighted by molar-refractivity contribution is 6.28. The van der Waals surface area contributed by atoms with Crippen LogP contribution in [0.2, 0.25) is 0 Å². The highest BCUT2D eigenvalue weighted by atomic mass is 16.3. The van der Waals surface area contributed by atoms with Gasteiger partial charge in [0, 0.05) is 11.6 Å². The lowest BCUT2D eigenvalue weighted by atomic mass is 10.2. The molecule has 1 fully saturated rings. The summed E-state index contributed by atoms with van der Waals surface area (Å²) in [4.78, 5) is 25.8. The molecule has 1 aromatic heterocycles. The molecule has 3 amide bonds. The minimum Gasteiger partial charge on any atom is -0.457 e. The molecule has 122 valence electrons. The number of hydrogen-bond donors (Lipinski definition) is 1. The minimum absolute atomic E-state index is 0.183. The Balaban J connectivity index is 1.62. The molecule has 0 atom stereocenters. The lowest BCUT2D eigenvalue weighted by molar-refractivity contribution is -0.113. The SMILES string of the molecule is O=C1N/C(=C/c2ccc(-c3ccccc3)o2)C(=O)N1c1ccccc1. The van der Waals surface area contributed by atoms with E-state index in [2.05, 4.69) is 5.32 Å². The Morgan fingerprint density at radius 3 is 2.24 bits per heavy atom. The zero-order chi connectivity index (χ0) is 17.2. The maximum absolute atomic E-state index is 12.5. The summed E-state index contributed by atoms with van der Waals surface area (Å²) in [6, 6.07) is 21.6. The van der Waals surface area contributed by atoms with Gasteiger partial charge in [-0.2, -0.15) is 0 Å². The largest absolute Gasteiger partial charge is 0.457 e. The molecule has 0 spiro atoms. The molecule has 0 radical (unpaired) electrons. The van der Waals surface area contributed by atoms with E-state index < -0.39 is 11.9 Å². The van der Waals surface area contributed by atoms with Crippen LogP contribution in [0.3, 0.4) is 0 Å². The molecule has 1 aliphatic rings. The van der Waals surface area contributed by atoms with Crippen LogP contribution < -0.4 is 10.2 Å². The summed E-state index contributed by atoms with van der Waals surface area (Å²) < 4.78 is 5.76. The first-order chi connectivity index (χ1) is 12.2. The molecule has 0 unspecified atom stereocenters. The summed E-state index contributed by atoms with van der Waals surface area (Å²) in [7, 11) is 0. The Hall–Kier alpha value is -3.60. The number of imide groups is 1.